The number of amides is 1. The van der Waals surface area contributed by atoms with Crippen LogP contribution in [0.3, 0.4) is 0 Å². The SMILES string of the molecule is CC(C)c1ccc(C2(O)CN(C(=O)c3cccc4[nH]c(=O)oc34)C2)cc1. The highest BCUT2D eigenvalue weighted by molar-refractivity contribution is 6.04. The van der Waals surface area contributed by atoms with Gasteiger partial charge in [0.25, 0.3) is 5.91 Å². The topological polar surface area (TPSA) is 86.5 Å². The lowest BCUT2D eigenvalue weighted by molar-refractivity contribution is -0.0863. The summed E-state index contributed by atoms with van der Waals surface area (Å²) in [7, 11) is 0. The minimum Gasteiger partial charge on any atom is -0.407 e. The Morgan fingerprint density at radius 3 is 2.54 bits per heavy atom. The molecule has 0 radical (unpaired) electrons. The summed E-state index contributed by atoms with van der Waals surface area (Å²) in [4.78, 5) is 28.2. The monoisotopic (exact) mass is 352 g/mol. The molecule has 1 fully saturated rings. The van der Waals surface area contributed by atoms with Crippen molar-refractivity contribution in [3.05, 3.63) is 69.7 Å². The lowest BCUT2D eigenvalue weighted by Crippen LogP contribution is -2.61. The van der Waals surface area contributed by atoms with Crippen LogP contribution in [0.4, 0.5) is 0 Å². The summed E-state index contributed by atoms with van der Waals surface area (Å²) in [5.74, 6) is -0.429. The van der Waals surface area contributed by atoms with Crippen molar-refractivity contribution in [3.8, 4) is 0 Å². The number of nitrogens with zero attached hydrogens (tertiary/aromatic N) is 1. The van der Waals surface area contributed by atoms with E-state index < -0.39 is 11.4 Å². The first kappa shape index (κ1) is 16.6. The van der Waals surface area contributed by atoms with Gasteiger partial charge < -0.3 is 14.4 Å². The number of β-amino-alcohol motifs (C(OH)–C–C–N with tert-alkyl or cyclic N) is 1. The molecule has 2 N–H and O–H groups in total. The Bertz CT molecular complexity index is 1020. The van der Waals surface area contributed by atoms with E-state index in [0.717, 1.165) is 5.56 Å². The van der Waals surface area contributed by atoms with Crippen LogP contribution in [-0.4, -0.2) is 34.0 Å². The van der Waals surface area contributed by atoms with Gasteiger partial charge in [-0.2, -0.15) is 0 Å². The van der Waals surface area contributed by atoms with Gasteiger partial charge in [0.2, 0.25) is 0 Å². The number of rotatable bonds is 3. The second-order valence-electron chi connectivity index (χ2n) is 7.17. The van der Waals surface area contributed by atoms with Crippen molar-refractivity contribution in [1.29, 1.82) is 0 Å². The molecular formula is C20H20N2O4. The Kier molecular flexibility index (Phi) is 3.73. The number of aliphatic hydroxyl groups is 1. The maximum atomic E-state index is 12.8. The largest absolute Gasteiger partial charge is 0.417 e. The van der Waals surface area contributed by atoms with E-state index in [9.17, 15) is 14.7 Å². The molecule has 1 saturated heterocycles. The Hall–Kier alpha value is -2.86. The number of likely N-dealkylation sites (tertiary alicyclic amines) is 1. The second kappa shape index (κ2) is 5.85. The summed E-state index contributed by atoms with van der Waals surface area (Å²) >= 11 is 0. The number of carbonyl (C=O) groups is 1. The molecular weight excluding hydrogens is 332 g/mol. The van der Waals surface area contributed by atoms with Crippen LogP contribution < -0.4 is 5.76 Å². The number of nitrogens with one attached hydrogen (secondary N) is 1. The van der Waals surface area contributed by atoms with Gasteiger partial charge >= 0.3 is 5.76 Å². The van der Waals surface area contributed by atoms with Crippen molar-refractivity contribution < 1.29 is 14.3 Å². The second-order valence-corrected chi connectivity index (χ2v) is 7.17. The summed E-state index contributed by atoms with van der Waals surface area (Å²) in [6.07, 6.45) is 0. The standard InChI is InChI=1S/C20H20N2O4/c1-12(2)13-6-8-14(9-7-13)20(25)10-22(11-20)18(23)15-4-3-5-16-17(15)26-19(24)21-16/h3-9,12,25H,10-11H2,1-2H3,(H,21,24). The summed E-state index contributed by atoms with van der Waals surface area (Å²) < 4.78 is 5.09. The van der Waals surface area contributed by atoms with E-state index in [1.807, 2.05) is 24.3 Å². The molecule has 4 rings (SSSR count). The molecule has 0 saturated carbocycles. The number of aromatic amines is 1. The van der Waals surface area contributed by atoms with Gasteiger partial charge in [-0.1, -0.05) is 44.2 Å². The van der Waals surface area contributed by atoms with Gasteiger partial charge in [-0.25, -0.2) is 4.79 Å². The average molecular weight is 352 g/mol. The molecule has 26 heavy (non-hydrogen) atoms. The van der Waals surface area contributed by atoms with Crippen LogP contribution in [0.25, 0.3) is 11.1 Å². The minimum absolute atomic E-state index is 0.206. The van der Waals surface area contributed by atoms with Gasteiger partial charge in [0.15, 0.2) is 5.58 Å². The third kappa shape index (κ3) is 2.63. The van der Waals surface area contributed by atoms with Crippen LogP contribution in [0.2, 0.25) is 0 Å². The maximum absolute atomic E-state index is 12.8. The molecule has 6 nitrogen and oxygen atoms in total. The maximum Gasteiger partial charge on any atom is 0.417 e. The molecule has 134 valence electrons. The van der Waals surface area contributed by atoms with Gasteiger partial charge in [-0.15, -0.1) is 0 Å². The average Bonchev–Trinajstić information content (AvgIpc) is 2.98. The number of hydrogen-bond acceptors (Lipinski definition) is 4. The summed E-state index contributed by atoms with van der Waals surface area (Å²) in [5.41, 5.74) is 2.02. The summed E-state index contributed by atoms with van der Waals surface area (Å²) in [6, 6.07) is 12.9. The first-order valence-electron chi connectivity index (χ1n) is 8.61. The van der Waals surface area contributed by atoms with Gasteiger partial charge in [0.05, 0.1) is 24.2 Å². The molecule has 2 aromatic carbocycles. The molecule has 0 bridgehead atoms. The fourth-order valence-corrected chi connectivity index (χ4v) is 3.40. The number of oxazole rings is 1. The van der Waals surface area contributed by atoms with Crippen LogP contribution in [0, 0.1) is 0 Å². The minimum atomic E-state index is -1.04. The Labute approximate surface area is 150 Å². The van der Waals surface area contributed by atoms with E-state index in [1.54, 1.807) is 23.1 Å². The van der Waals surface area contributed by atoms with Crippen LogP contribution >= 0.6 is 0 Å². The summed E-state index contributed by atoms with van der Waals surface area (Å²) in [6.45, 7) is 4.65. The first-order chi connectivity index (χ1) is 12.4. The summed E-state index contributed by atoms with van der Waals surface area (Å²) in [5, 5.41) is 10.8. The van der Waals surface area contributed by atoms with Crippen molar-refractivity contribution in [2.75, 3.05) is 13.1 Å². The molecule has 3 aromatic rings. The highest BCUT2D eigenvalue weighted by Crippen LogP contribution is 2.34. The molecule has 0 spiro atoms. The zero-order valence-electron chi connectivity index (χ0n) is 14.7. The quantitative estimate of drug-likeness (QED) is 0.758. The van der Waals surface area contributed by atoms with E-state index in [1.165, 1.54) is 5.56 Å². The van der Waals surface area contributed by atoms with Crippen molar-refractivity contribution in [2.24, 2.45) is 0 Å². The van der Waals surface area contributed by atoms with Crippen molar-refractivity contribution in [1.82, 2.24) is 9.88 Å². The molecule has 0 unspecified atom stereocenters. The van der Waals surface area contributed by atoms with Crippen LogP contribution in [0.1, 0.15) is 41.3 Å². The third-order valence-corrected chi connectivity index (χ3v) is 4.98. The predicted molar refractivity (Wildman–Crippen MR) is 97.2 cm³/mol. The number of aromatic nitrogens is 1. The fraction of sp³-hybridized carbons (Fsp3) is 0.300. The number of hydrogen-bond donors (Lipinski definition) is 2. The number of H-pyrrole nitrogens is 1. The molecule has 2 heterocycles. The number of carbonyl (C=O) groups excluding carboxylic acids is 1. The number of benzene rings is 2. The van der Waals surface area contributed by atoms with Gasteiger partial charge in [-0.3, -0.25) is 9.78 Å². The smallest absolute Gasteiger partial charge is 0.407 e. The molecule has 1 aromatic heterocycles. The van der Waals surface area contributed by atoms with E-state index in [0.29, 0.717) is 17.0 Å². The third-order valence-electron chi connectivity index (χ3n) is 4.98. The molecule has 0 aliphatic carbocycles. The lowest BCUT2D eigenvalue weighted by Gasteiger charge is -2.46. The number of para-hydroxylation sites is 1. The fourth-order valence-electron chi connectivity index (χ4n) is 3.40. The molecule has 1 aliphatic rings. The van der Waals surface area contributed by atoms with E-state index in [4.69, 9.17) is 4.42 Å². The van der Waals surface area contributed by atoms with Crippen molar-refractivity contribution >= 4 is 17.0 Å². The van der Waals surface area contributed by atoms with Gasteiger partial charge in [-0.05, 0) is 29.2 Å². The molecule has 1 amide bonds. The Morgan fingerprint density at radius 1 is 1.19 bits per heavy atom. The van der Waals surface area contributed by atoms with Gasteiger partial charge in [0.1, 0.15) is 5.60 Å². The van der Waals surface area contributed by atoms with Gasteiger partial charge in [0, 0.05) is 0 Å². The van der Waals surface area contributed by atoms with E-state index in [-0.39, 0.29) is 24.6 Å². The molecule has 1 aliphatic heterocycles. The molecule has 0 atom stereocenters. The van der Waals surface area contributed by atoms with Crippen LogP contribution in [-0.2, 0) is 5.60 Å². The zero-order valence-corrected chi connectivity index (χ0v) is 14.7. The predicted octanol–water partition coefficient (Wildman–Crippen LogP) is 2.59. The Morgan fingerprint density at radius 2 is 1.88 bits per heavy atom. The highest BCUT2D eigenvalue weighted by Gasteiger charge is 2.45. The Balaban J connectivity index is 1.54. The molecule has 6 heteroatoms. The van der Waals surface area contributed by atoms with Crippen LogP contribution in [0.15, 0.2) is 51.7 Å². The van der Waals surface area contributed by atoms with E-state index >= 15 is 0 Å². The van der Waals surface area contributed by atoms with E-state index in [2.05, 4.69) is 18.8 Å². The highest BCUT2D eigenvalue weighted by atomic mass is 16.4. The zero-order chi connectivity index (χ0) is 18.5. The van der Waals surface area contributed by atoms with Crippen LogP contribution in [0.5, 0.6) is 0 Å². The lowest BCUT2D eigenvalue weighted by atomic mass is 9.84. The number of fused-ring (bicyclic) bond motifs is 1. The first-order valence-corrected chi connectivity index (χ1v) is 8.61. The normalized spacial score (nSPS) is 16.1. The van der Waals surface area contributed by atoms with Crippen molar-refractivity contribution in [2.45, 2.75) is 25.4 Å². The van der Waals surface area contributed by atoms with Crippen molar-refractivity contribution in [3.63, 3.8) is 0 Å².